The first-order chi connectivity index (χ1) is 24.0. The number of phosphoric acid groups is 1. The predicted octanol–water partition coefficient (Wildman–Crippen LogP) is 11.4. The number of amides is 1. The molecule has 3 atom stereocenters. The highest BCUT2D eigenvalue weighted by Gasteiger charge is 2.28. The number of likely N-dealkylation sites (N-methyl/N-ethyl adjacent to an activating group) is 1. The van der Waals surface area contributed by atoms with Gasteiger partial charge in [-0.2, -0.15) is 0 Å². The van der Waals surface area contributed by atoms with Gasteiger partial charge in [0.2, 0.25) is 5.91 Å². The summed E-state index contributed by atoms with van der Waals surface area (Å²) in [7, 11) is 1.63. The van der Waals surface area contributed by atoms with Gasteiger partial charge in [-0.05, 0) is 12.8 Å². The first kappa shape index (κ1) is 49.5. The van der Waals surface area contributed by atoms with Crippen LogP contribution in [-0.2, 0) is 18.4 Å². The van der Waals surface area contributed by atoms with Crippen molar-refractivity contribution in [2.45, 2.75) is 219 Å². The average molecular weight is 734 g/mol. The summed E-state index contributed by atoms with van der Waals surface area (Å²) in [6.45, 7) is 4.89. The normalized spacial score (nSPS) is 14.5. The summed E-state index contributed by atoms with van der Waals surface area (Å²) >= 11 is 0. The Balaban J connectivity index is 4.36. The largest absolute Gasteiger partial charge is 0.472 e. The molecule has 0 aromatic heterocycles. The number of unbranched alkanes of at least 4 members (excludes halogenated alkanes) is 26. The van der Waals surface area contributed by atoms with Gasteiger partial charge in [0.05, 0.1) is 39.9 Å². The maximum absolute atomic E-state index is 12.8. The molecule has 0 saturated carbocycles. The van der Waals surface area contributed by atoms with Gasteiger partial charge in [0.15, 0.2) is 0 Å². The highest BCUT2D eigenvalue weighted by molar-refractivity contribution is 7.47. The van der Waals surface area contributed by atoms with Crippen LogP contribution in [0.3, 0.4) is 0 Å². The minimum absolute atomic E-state index is 0.0784. The smallest absolute Gasteiger partial charge is 0.391 e. The average Bonchev–Trinajstić information content (AvgIpc) is 3.06. The van der Waals surface area contributed by atoms with E-state index in [2.05, 4.69) is 19.2 Å². The van der Waals surface area contributed by atoms with E-state index in [1.807, 2.05) is 21.1 Å². The predicted molar refractivity (Wildman–Crippen MR) is 212 cm³/mol. The van der Waals surface area contributed by atoms with Crippen LogP contribution in [-0.4, -0.2) is 73.4 Å². The van der Waals surface area contributed by atoms with Crippen LogP contribution in [0.4, 0.5) is 0 Å². The van der Waals surface area contributed by atoms with E-state index in [1.54, 1.807) is 0 Å². The molecule has 0 saturated heterocycles. The van der Waals surface area contributed by atoms with Crippen LogP contribution in [0.15, 0.2) is 0 Å². The first-order valence-electron chi connectivity index (χ1n) is 21.4. The Labute approximate surface area is 310 Å². The first-order valence-corrected chi connectivity index (χ1v) is 22.9. The number of aliphatic hydroxyl groups excluding tert-OH is 1. The number of carbonyl (C=O) groups is 1. The second-order valence-electron chi connectivity index (χ2n) is 16.1. The van der Waals surface area contributed by atoms with Crippen molar-refractivity contribution in [3.8, 4) is 0 Å². The molecular formula is C41H86N2O6P+. The third-order valence-electron chi connectivity index (χ3n) is 9.86. The van der Waals surface area contributed by atoms with Crippen LogP contribution in [0.2, 0.25) is 0 Å². The Hall–Kier alpha value is -0.500. The topological polar surface area (TPSA) is 105 Å². The number of hydrogen-bond donors (Lipinski definition) is 3. The third-order valence-corrected chi connectivity index (χ3v) is 10.8. The number of quaternary nitrogens is 1. The van der Waals surface area contributed by atoms with Crippen LogP contribution in [0, 0.1) is 0 Å². The molecule has 0 aliphatic heterocycles. The Bertz CT molecular complexity index is 794. The number of aliphatic hydroxyl groups is 1. The fourth-order valence-corrected chi connectivity index (χ4v) is 7.13. The maximum Gasteiger partial charge on any atom is 0.472 e. The summed E-state index contributed by atoms with van der Waals surface area (Å²) in [6.07, 6.45) is 35.4. The summed E-state index contributed by atoms with van der Waals surface area (Å²) in [6, 6.07) is -0.751. The van der Waals surface area contributed by atoms with Crippen LogP contribution in [0.5, 0.6) is 0 Å². The van der Waals surface area contributed by atoms with Crippen molar-refractivity contribution < 1.29 is 32.9 Å². The lowest BCUT2D eigenvalue weighted by atomic mass is 10.0. The van der Waals surface area contributed by atoms with Crippen LogP contribution in [0.25, 0.3) is 0 Å². The summed E-state index contributed by atoms with van der Waals surface area (Å²) in [4.78, 5) is 23.1. The van der Waals surface area contributed by atoms with Crippen molar-refractivity contribution in [1.29, 1.82) is 0 Å². The van der Waals surface area contributed by atoms with Gasteiger partial charge in [-0.1, -0.05) is 187 Å². The van der Waals surface area contributed by atoms with Crippen LogP contribution < -0.4 is 5.32 Å². The van der Waals surface area contributed by atoms with Gasteiger partial charge in [0.1, 0.15) is 13.2 Å². The van der Waals surface area contributed by atoms with Gasteiger partial charge in [-0.25, -0.2) is 4.57 Å². The SMILES string of the molecule is CCCCCCCCCCCCCCCCCC(=O)N[C@@H](COP(=O)(O)OCC[N+](C)(C)C)[C@H](O)CCCCCCCCCCCCCCC. The fraction of sp³-hybridized carbons (Fsp3) is 0.976. The number of hydrogen-bond acceptors (Lipinski definition) is 5. The lowest BCUT2D eigenvalue weighted by Gasteiger charge is -2.26. The van der Waals surface area contributed by atoms with Crippen molar-refractivity contribution in [2.75, 3.05) is 40.9 Å². The number of nitrogens with zero attached hydrogens (tertiary/aromatic N) is 1. The standard InChI is InChI=1S/C41H85N2O6P/c1-6-8-10-12-14-16-18-20-21-23-25-27-29-31-33-35-41(45)42-39(38-49-50(46,47)48-37-36-43(3,4)5)40(44)34-32-30-28-26-24-22-19-17-15-13-11-9-7-2/h39-40,44H,6-38H2,1-5H3,(H-,42,45,46,47)/p+1/t39-,40+/m0/s1. The van der Waals surface area contributed by atoms with E-state index < -0.39 is 20.0 Å². The zero-order valence-electron chi connectivity index (χ0n) is 33.9. The highest BCUT2D eigenvalue weighted by atomic mass is 31.2. The maximum atomic E-state index is 12.8. The van der Waals surface area contributed by atoms with E-state index in [0.29, 0.717) is 23.9 Å². The second kappa shape index (κ2) is 34.3. The molecule has 300 valence electrons. The van der Waals surface area contributed by atoms with E-state index in [1.165, 1.54) is 141 Å². The molecule has 0 aromatic carbocycles. The number of rotatable bonds is 39. The van der Waals surface area contributed by atoms with Crippen LogP contribution in [0.1, 0.15) is 206 Å². The highest BCUT2D eigenvalue weighted by Crippen LogP contribution is 2.43. The van der Waals surface area contributed by atoms with Gasteiger partial charge < -0.3 is 19.8 Å². The summed E-state index contributed by atoms with van der Waals surface area (Å²) in [5.74, 6) is -0.142. The van der Waals surface area contributed by atoms with E-state index in [-0.39, 0.29) is 19.1 Å². The van der Waals surface area contributed by atoms with E-state index >= 15 is 0 Å². The van der Waals surface area contributed by atoms with E-state index in [0.717, 1.165) is 38.5 Å². The zero-order valence-corrected chi connectivity index (χ0v) is 34.8. The van der Waals surface area contributed by atoms with Crippen molar-refractivity contribution in [1.82, 2.24) is 5.32 Å². The molecule has 9 heteroatoms. The molecule has 1 unspecified atom stereocenters. The molecule has 0 bridgehead atoms. The molecule has 0 aromatic rings. The molecule has 0 rings (SSSR count). The van der Waals surface area contributed by atoms with Gasteiger partial charge in [0.25, 0.3) is 0 Å². The lowest BCUT2D eigenvalue weighted by molar-refractivity contribution is -0.870. The Morgan fingerprint density at radius 1 is 0.600 bits per heavy atom. The second-order valence-corrected chi connectivity index (χ2v) is 17.5. The molecule has 0 spiro atoms. The van der Waals surface area contributed by atoms with E-state index in [4.69, 9.17) is 9.05 Å². The molecule has 1 amide bonds. The molecule has 0 heterocycles. The molecular weight excluding hydrogens is 647 g/mol. The summed E-state index contributed by atoms with van der Waals surface area (Å²) in [5.41, 5.74) is 0. The quantitative estimate of drug-likeness (QED) is 0.0330. The van der Waals surface area contributed by atoms with Crippen molar-refractivity contribution in [3.63, 3.8) is 0 Å². The van der Waals surface area contributed by atoms with Crippen molar-refractivity contribution in [3.05, 3.63) is 0 Å². The van der Waals surface area contributed by atoms with Gasteiger partial charge >= 0.3 is 7.82 Å². The minimum Gasteiger partial charge on any atom is -0.391 e. The Morgan fingerprint density at radius 3 is 1.34 bits per heavy atom. The molecule has 0 fully saturated rings. The zero-order chi connectivity index (χ0) is 37.2. The summed E-state index contributed by atoms with van der Waals surface area (Å²) in [5, 5.41) is 13.9. The lowest BCUT2D eigenvalue weighted by Crippen LogP contribution is -2.46. The molecule has 0 aliphatic carbocycles. The summed E-state index contributed by atoms with van der Waals surface area (Å²) < 4.78 is 23.6. The van der Waals surface area contributed by atoms with Gasteiger partial charge in [-0.3, -0.25) is 13.8 Å². The Kier molecular flexibility index (Phi) is 33.9. The van der Waals surface area contributed by atoms with Crippen molar-refractivity contribution >= 4 is 13.7 Å². The number of phosphoric ester groups is 1. The van der Waals surface area contributed by atoms with Gasteiger partial charge in [0, 0.05) is 6.42 Å². The monoisotopic (exact) mass is 734 g/mol. The molecule has 8 nitrogen and oxygen atoms in total. The number of nitrogens with one attached hydrogen (secondary N) is 1. The van der Waals surface area contributed by atoms with Crippen LogP contribution >= 0.6 is 7.82 Å². The van der Waals surface area contributed by atoms with Gasteiger partial charge in [-0.15, -0.1) is 0 Å². The van der Waals surface area contributed by atoms with Crippen molar-refractivity contribution in [2.24, 2.45) is 0 Å². The Morgan fingerprint density at radius 2 is 0.960 bits per heavy atom. The molecule has 0 aliphatic rings. The fourth-order valence-electron chi connectivity index (χ4n) is 6.40. The molecule has 0 radical (unpaired) electrons. The van der Waals surface area contributed by atoms with E-state index in [9.17, 15) is 19.4 Å². The minimum atomic E-state index is -4.30. The number of carbonyl (C=O) groups excluding carboxylic acids is 1. The molecule has 50 heavy (non-hydrogen) atoms. The molecule has 3 N–H and O–H groups in total. The third kappa shape index (κ3) is 35.9.